The number of benzene rings is 2. The number of carbonyl (C=O) groups is 2. The maximum atomic E-state index is 13.4. The van der Waals surface area contributed by atoms with Crippen LogP contribution in [0.1, 0.15) is 35.9 Å². The molecule has 29 heavy (non-hydrogen) atoms. The Morgan fingerprint density at radius 2 is 1.93 bits per heavy atom. The van der Waals surface area contributed by atoms with Crippen LogP contribution in [-0.2, 0) is 0 Å². The zero-order valence-electron chi connectivity index (χ0n) is 15.9. The first-order chi connectivity index (χ1) is 13.8. The molecule has 150 valence electrons. The molecule has 8 heteroatoms. The van der Waals surface area contributed by atoms with E-state index in [4.69, 9.17) is 17.3 Å². The number of nitrogens with one attached hydrogen (secondary N) is 1. The summed E-state index contributed by atoms with van der Waals surface area (Å²) in [5, 5.41) is 4.08. The highest BCUT2D eigenvalue weighted by atomic mass is 35.5. The van der Waals surface area contributed by atoms with Gasteiger partial charge in [-0.15, -0.1) is 0 Å². The molecule has 2 aromatic carbocycles. The van der Waals surface area contributed by atoms with Crippen molar-refractivity contribution >= 4 is 40.0 Å². The molecule has 3 aromatic rings. The topological polar surface area (TPSA) is 88.3 Å². The average molecular weight is 415 g/mol. The van der Waals surface area contributed by atoms with Crippen LogP contribution >= 0.6 is 11.6 Å². The number of hydrogen-bond acceptors (Lipinski definition) is 3. The number of rotatable bonds is 5. The fourth-order valence-electron chi connectivity index (χ4n) is 3.27. The number of urea groups is 1. The molecule has 6 nitrogen and oxygen atoms in total. The summed E-state index contributed by atoms with van der Waals surface area (Å²) in [7, 11) is 0. The molecule has 0 spiro atoms. The Kier molecular flexibility index (Phi) is 5.98. The summed E-state index contributed by atoms with van der Waals surface area (Å²) in [6.07, 6.45) is 1.57. The van der Waals surface area contributed by atoms with Gasteiger partial charge in [-0.05, 0) is 37.4 Å². The second-order valence-corrected chi connectivity index (χ2v) is 6.90. The highest BCUT2D eigenvalue weighted by molar-refractivity contribution is 6.31. The van der Waals surface area contributed by atoms with Crippen LogP contribution in [0.15, 0.2) is 48.7 Å². The van der Waals surface area contributed by atoms with Gasteiger partial charge < -0.3 is 16.0 Å². The molecule has 0 aliphatic carbocycles. The molecule has 3 rings (SSSR count). The fraction of sp³-hybridized carbons (Fsp3) is 0.190. The molecule has 0 saturated carbocycles. The van der Waals surface area contributed by atoms with Crippen molar-refractivity contribution < 1.29 is 14.0 Å². The number of pyridine rings is 1. The second-order valence-electron chi connectivity index (χ2n) is 6.49. The number of halogens is 2. The first-order valence-electron chi connectivity index (χ1n) is 9.03. The van der Waals surface area contributed by atoms with Gasteiger partial charge in [0.15, 0.2) is 0 Å². The van der Waals surface area contributed by atoms with Crippen molar-refractivity contribution in [2.75, 3.05) is 11.9 Å². The molecule has 0 aliphatic rings. The van der Waals surface area contributed by atoms with E-state index in [1.807, 2.05) is 26.0 Å². The summed E-state index contributed by atoms with van der Waals surface area (Å²) in [6, 6.07) is 10.5. The molecule has 0 saturated heterocycles. The molecule has 1 atom stereocenters. The number of nitrogens with two attached hydrogens (primary N) is 1. The van der Waals surface area contributed by atoms with Crippen molar-refractivity contribution in [1.29, 1.82) is 0 Å². The van der Waals surface area contributed by atoms with E-state index in [9.17, 15) is 14.0 Å². The fourth-order valence-corrected chi connectivity index (χ4v) is 3.45. The summed E-state index contributed by atoms with van der Waals surface area (Å²) in [5.41, 5.74) is 6.79. The minimum absolute atomic E-state index is 0.0730. The van der Waals surface area contributed by atoms with Gasteiger partial charge in [0.2, 0.25) is 0 Å². The standard InChI is InChI=1S/C21H20ClFN4O2/c1-3-27(21(29)26-13-8-9-18(23)17(22)10-13)12(2)16-11-25-19(20(24)28)15-7-5-4-6-14(15)16/h4-12H,3H2,1-2H3,(H2,24,28)(H,26,29)/t12-/m1/s1. The van der Waals surface area contributed by atoms with E-state index in [0.717, 1.165) is 10.9 Å². The van der Waals surface area contributed by atoms with E-state index in [0.29, 0.717) is 17.6 Å². The number of amides is 3. The molecule has 0 fully saturated rings. The molecule has 0 unspecified atom stereocenters. The first kappa shape index (κ1) is 20.5. The minimum Gasteiger partial charge on any atom is -0.364 e. The van der Waals surface area contributed by atoms with Crippen LogP contribution in [-0.4, -0.2) is 28.4 Å². The molecule has 0 radical (unpaired) electrons. The molecular formula is C21H20ClFN4O2. The third-order valence-electron chi connectivity index (χ3n) is 4.75. The smallest absolute Gasteiger partial charge is 0.322 e. The lowest BCUT2D eigenvalue weighted by Crippen LogP contribution is -2.37. The number of primary amides is 1. The summed E-state index contributed by atoms with van der Waals surface area (Å²) in [6.45, 7) is 4.13. The summed E-state index contributed by atoms with van der Waals surface area (Å²) in [4.78, 5) is 30.4. The quantitative estimate of drug-likeness (QED) is 0.631. The summed E-state index contributed by atoms with van der Waals surface area (Å²) >= 11 is 5.79. The molecule has 3 amide bonds. The van der Waals surface area contributed by atoms with Gasteiger partial charge in [-0.2, -0.15) is 0 Å². The zero-order valence-corrected chi connectivity index (χ0v) is 16.7. The van der Waals surface area contributed by atoms with Crippen LogP contribution in [0, 0.1) is 5.82 Å². The third-order valence-corrected chi connectivity index (χ3v) is 5.04. The first-order valence-corrected chi connectivity index (χ1v) is 9.41. The van der Waals surface area contributed by atoms with Crippen molar-refractivity contribution in [2.24, 2.45) is 5.73 Å². The molecular weight excluding hydrogens is 395 g/mol. The van der Waals surface area contributed by atoms with Crippen LogP contribution in [0.3, 0.4) is 0 Å². The summed E-state index contributed by atoms with van der Waals surface area (Å²) in [5.74, 6) is -1.17. The monoisotopic (exact) mass is 414 g/mol. The minimum atomic E-state index is -0.612. The van der Waals surface area contributed by atoms with Gasteiger partial charge in [0.1, 0.15) is 11.5 Å². The normalized spacial score (nSPS) is 11.9. The lowest BCUT2D eigenvalue weighted by molar-refractivity contribution is 0.0997. The van der Waals surface area contributed by atoms with Crippen molar-refractivity contribution in [3.8, 4) is 0 Å². The Hall–Kier alpha value is -3.19. The van der Waals surface area contributed by atoms with Crippen molar-refractivity contribution in [1.82, 2.24) is 9.88 Å². The van der Waals surface area contributed by atoms with Crippen LogP contribution < -0.4 is 11.1 Å². The maximum absolute atomic E-state index is 13.4. The Morgan fingerprint density at radius 3 is 2.55 bits per heavy atom. The van der Waals surface area contributed by atoms with Gasteiger partial charge in [0.05, 0.1) is 11.1 Å². The Morgan fingerprint density at radius 1 is 1.24 bits per heavy atom. The van der Waals surface area contributed by atoms with E-state index < -0.39 is 11.7 Å². The SMILES string of the molecule is CCN(C(=O)Nc1ccc(F)c(Cl)c1)[C@H](C)c1cnc(C(N)=O)c2ccccc12. The largest absolute Gasteiger partial charge is 0.364 e. The predicted octanol–water partition coefficient (Wildman–Crippen LogP) is 4.74. The lowest BCUT2D eigenvalue weighted by Gasteiger charge is -2.29. The molecule has 1 aromatic heterocycles. The van der Waals surface area contributed by atoms with E-state index in [2.05, 4.69) is 10.3 Å². The van der Waals surface area contributed by atoms with Crippen LogP contribution in [0.4, 0.5) is 14.9 Å². The van der Waals surface area contributed by atoms with Gasteiger partial charge in [-0.3, -0.25) is 9.78 Å². The van der Waals surface area contributed by atoms with Crippen molar-refractivity contribution in [3.05, 3.63) is 70.8 Å². The summed E-state index contributed by atoms with van der Waals surface area (Å²) < 4.78 is 13.4. The predicted molar refractivity (Wildman–Crippen MR) is 111 cm³/mol. The number of fused-ring (bicyclic) bond motifs is 1. The van der Waals surface area contributed by atoms with Gasteiger partial charge in [-0.1, -0.05) is 35.9 Å². The Balaban J connectivity index is 1.94. The number of anilines is 1. The number of aromatic nitrogens is 1. The Labute approximate surface area is 172 Å². The van der Waals surface area contributed by atoms with E-state index in [1.165, 1.54) is 18.2 Å². The van der Waals surface area contributed by atoms with Crippen LogP contribution in [0.5, 0.6) is 0 Å². The molecule has 0 bridgehead atoms. The van der Waals surface area contributed by atoms with Gasteiger partial charge >= 0.3 is 6.03 Å². The van der Waals surface area contributed by atoms with E-state index >= 15 is 0 Å². The molecule has 3 N–H and O–H groups in total. The number of carbonyl (C=O) groups excluding carboxylic acids is 2. The average Bonchev–Trinajstić information content (AvgIpc) is 2.70. The lowest BCUT2D eigenvalue weighted by atomic mass is 9.99. The molecule has 0 aliphatic heterocycles. The van der Waals surface area contributed by atoms with Crippen LogP contribution in [0.2, 0.25) is 5.02 Å². The van der Waals surface area contributed by atoms with Gasteiger partial charge in [0, 0.05) is 29.4 Å². The number of hydrogen-bond donors (Lipinski definition) is 2. The van der Waals surface area contributed by atoms with E-state index in [-0.39, 0.29) is 22.8 Å². The van der Waals surface area contributed by atoms with Crippen molar-refractivity contribution in [3.63, 3.8) is 0 Å². The Bertz CT molecular complexity index is 1090. The molecule has 1 heterocycles. The second kappa shape index (κ2) is 8.45. The van der Waals surface area contributed by atoms with Crippen LogP contribution in [0.25, 0.3) is 10.8 Å². The van der Waals surface area contributed by atoms with Crippen molar-refractivity contribution in [2.45, 2.75) is 19.9 Å². The van der Waals surface area contributed by atoms with E-state index in [1.54, 1.807) is 23.2 Å². The zero-order chi connectivity index (χ0) is 21.1. The maximum Gasteiger partial charge on any atom is 0.322 e. The highest BCUT2D eigenvalue weighted by Gasteiger charge is 2.23. The number of nitrogens with zero attached hydrogens (tertiary/aromatic N) is 2. The third kappa shape index (κ3) is 4.14. The highest BCUT2D eigenvalue weighted by Crippen LogP contribution is 2.29. The van der Waals surface area contributed by atoms with Gasteiger partial charge in [-0.25, -0.2) is 9.18 Å². The van der Waals surface area contributed by atoms with Gasteiger partial charge in [0.25, 0.3) is 5.91 Å².